The van der Waals surface area contributed by atoms with E-state index in [1.54, 1.807) is 38.0 Å². The first-order valence-corrected chi connectivity index (χ1v) is 5.60. The second kappa shape index (κ2) is 5.87. The van der Waals surface area contributed by atoms with Gasteiger partial charge >= 0.3 is 0 Å². The van der Waals surface area contributed by atoms with Crippen molar-refractivity contribution in [2.24, 2.45) is 5.41 Å². The molecule has 0 heterocycles. The molecule has 0 N–H and O–H groups in total. The van der Waals surface area contributed by atoms with E-state index >= 15 is 0 Å². The Kier molecular flexibility index (Phi) is 5.48. The molecule has 0 saturated carbocycles. The molecule has 4 heteroatoms. The van der Waals surface area contributed by atoms with Gasteiger partial charge in [-0.2, -0.15) is 0 Å². The van der Waals surface area contributed by atoms with Crippen LogP contribution in [0.15, 0.2) is 0 Å². The lowest BCUT2D eigenvalue weighted by Crippen LogP contribution is -2.36. The number of nitrogens with zero attached hydrogens (tertiary/aromatic N) is 2. The molecule has 0 bridgehead atoms. The molecule has 0 aromatic carbocycles. The summed E-state index contributed by atoms with van der Waals surface area (Å²) >= 11 is 0. The third-order valence-corrected chi connectivity index (χ3v) is 2.68. The highest BCUT2D eigenvalue weighted by Gasteiger charge is 2.28. The van der Waals surface area contributed by atoms with Crippen molar-refractivity contribution in [1.29, 1.82) is 0 Å². The number of carbonyl (C=O) groups excluding carboxylic acids is 2. The molecule has 0 aliphatic carbocycles. The minimum Gasteiger partial charge on any atom is -0.349 e. The highest BCUT2D eigenvalue weighted by atomic mass is 16.2. The van der Waals surface area contributed by atoms with Gasteiger partial charge in [-0.15, -0.1) is 0 Å². The van der Waals surface area contributed by atoms with E-state index < -0.39 is 0 Å². The molecule has 0 fully saturated rings. The van der Waals surface area contributed by atoms with Crippen molar-refractivity contribution in [1.82, 2.24) is 9.80 Å². The molecule has 0 aliphatic rings. The summed E-state index contributed by atoms with van der Waals surface area (Å²) in [4.78, 5) is 26.4. The van der Waals surface area contributed by atoms with Crippen molar-refractivity contribution in [3.8, 4) is 0 Å². The van der Waals surface area contributed by atoms with Gasteiger partial charge in [-0.1, -0.05) is 13.8 Å². The first-order chi connectivity index (χ1) is 7.18. The number of amides is 2. The van der Waals surface area contributed by atoms with Crippen LogP contribution in [0.1, 0.15) is 33.1 Å². The van der Waals surface area contributed by atoms with Gasteiger partial charge in [0, 0.05) is 40.0 Å². The second-order valence-corrected chi connectivity index (χ2v) is 5.23. The highest BCUT2D eigenvalue weighted by Crippen LogP contribution is 2.25. The maximum absolute atomic E-state index is 11.8. The average molecular weight is 228 g/mol. The van der Waals surface area contributed by atoms with Crippen LogP contribution >= 0.6 is 0 Å². The quantitative estimate of drug-likeness (QED) is 0.713. The lowest BCUT2D eigenvalue weighted by atomic mass is 9.85. The molecule has 0 aromatic heterocycles. The van der Waals surface area contributed by atoms with Crippen molar-refractivity contribution in [3.05, 3.63) is 0 Å². The molecule has 0 aliphatic heterocycles. The predicted molar refractivity (Wildman–Crippen MR) is 65.0 cm³/mol. The van der Waals surface area contributed by atoms with Crippen molar-refractivity contribution in [2.45, 2.75) is 33.1 Å². The average Bonchev–Trinajstić information content (AvgIpc) is 2.15. The Morgan fingerprint density at radius 3 is 1.88 bits per heavy atom. The maximum atomic E-state index is 11.8. The van der Waals surface area contributed by atoms with Gasteiger partial charge in [-0.05, 0) is 12.8 Å². The monoisotopic (exact) mass is 228 g/mol. The van der Waals surface area contributed by atoms with E-state index in [2.05, 4.69) is 0 Å². The van der Waals surface area contributed by atoms with E-state index in [1.165, 1.54) is 0 Å². The molecule has 2 amide bonds. The standard InChI is InChI=1S/C12H24N2O2/c1-12(2,11(16)14(5)6)9-7-8-10(15)13(3)4/h7-9H2,1-6H3. The Balaban J connectivity index is 4.10. The minimum absolute atomic E-state index is 0.116. The van der Waals surface area contributed by atoms with Crippen LogP contribution < -0.4 is 0 Å². The van der Waals surface area contributed by atoms with Gasteiger partial charge in [0.05, 0.1) is 0 Å². The van der Waals surface area contributed by atoms with Gasteiger partial charge in [0.15, 0.2) is 0 Å². The fourth-order valence-electron chi connectivity index (χ4n) is 1.62. The molecule has 0 unspecified atom stereocenters. The van der Waals surface area contributed by atoms with Crippen LogP contribution in [0.4, 0.5) is 0 Å². The molecule has 0 rings (SSSR count). The third kappa shape index (κ3) is 4.64. The molecular formula is C12H24N2O2. The van der Waals surface area contributed by atoms with Crippen LogP contribution in [-0.2, 0) is 9.59 Å². The zero-order chi connectivity index (χ0) is 12.9. The Labute approximate surface area is 98.6 Å². The summed E-state index contributed by atoms with van der Waals surface area (Å²) in [7, 11) is 7.01. The summed E-state index contributed by atoms with van der Waals surface area (Å²) in [6, 6.07) is 0. The van der Waals surface area contributed by atoms with Gasteiger partial charge < -0.3 is 9.80 Å². The fraction of sp³-hybridized carbons (Fsp3) is 0.833. The van der Waals surface area contributed by atoms with Crippen LogP contribution in [-0.4, -0.2) is 49.8 Å². The molecule has 0 aromatic rings. The topological polar surface area (TPSA) is 40.6 Å². The number of hydrogen-bond donors (Lipinski definition) is 0. The maximum Gasteiger partial charge on any atom is 0.227 e. The van der Waals surface area contributed by atoms with E-state index in [0.717, 1.165) is 12.8 Å². The van der Waals surface area contributed by atoms with Gasteiger partial charge in [-0.3, -0.25) is 9.59 Å². The van der Waals surface area contributed by atoms with Crippen molar-refractivity contribution in [2.75, 3.05) is 28.2 Å². The fourth-order valence-corrected chi connectivity index (χ4v) is 1.62. The Morgan fingerprint density at radius 2 is 1.50 bits per heavy atom. The molecule has 0 atom stereocenters. The van der Waals surface area contributed by atoms with Gasteiger partial charge in [0.1, 0.15) is 0 Å². The SMILES string of the molecule is CN(C)C(=O)CCCC(C)(C)C(=O)N(C)C. The van der Waals surface area contributed by atoms with Crippen LogP contribution in [0.2, 0.25) is 0 Å². The van der Waals surface area contributed by atoms with E-state index in [9.17, 15) is 9.59 Å². The summed E-state index contributed by atoms with van der Waals surface area (Å²) in [6.07, 6.45) is 2.00. The lowest BCUT2D eigenvalue weighted by molar-refractivity contribution is -0.138. The van der Waals surface area contributed by atoms with Crippen LogP contribution in [0.25, 0.3) is 0 Å². The normalized spacial score (nSPS) is 11.1. The smallest absolute Gasteiger partial charge is 0.227 e. The Bertz CT molecular complexity index is 258. The minimum atomic E-state index is -0.379. The largest absolute Gasteiger partial charge is 0.349 e. The summed E-state index contributed by atoms with van der Waals surface area (Å²) in [5.41, 5.74) is -0.379. The Hall–Kier alpha value is -1.06. The molecule has 0 spiro atoms. The van der Waals surface area contributed by atoms with Crippen molar-refractivity contribution >= 4 is 11.8 Å². The summed E-state index contributed by atoms with van der Waals surface area (Å²) < 4.78 is 0. The predicted octanol–water partition coefficient (Wildman–Crippen LogP) is 1.36. The molecule has 4 nitrogen and oxygen atoms in total. The molecule has 0 radical (unpaired) electrons. The van der Waals surface area contributed by atoms with Crippen molar-refractivity contribution < 1.29 is 9.59 Å². The van der Waals surface area contributed by atoms with Gasteiger partial charge in [0.2, 0.25) is 11.8 Å². The number of rotatable bonds is 5. The van der Waals surface area contributed by atoms with Crippen LogP contribution in [0.3, 0.4) is 0 Å². The van der Waals surface area contributed by atoms with E-state index in [4.69, 9.17) is 0 Å². The molecule has 94 valence electrons. The molecular weight excluding hydrogens is 204 g/mol. The molecule has 0 saturated heterocycles. The van der Waals surface area contributed by atoms with Crippen LogP contribution in [0, 0.1) is 5.41 Å². The third-order valence-electron chi connectivity index (χ3n) is 2.68. The first kappa shape index (κ1) is 14.9. The van der Waals surface area contributed by atoms with Crippen molar-refractivity contribution in [3.63, 3.8) is 0 Å². The zero-order valence-electron chi connectivity index (χ0n) is 11.3. The summed E-state index contributed by atoms with van der Waals surface area (Å²) in [5.74, 6) is 0.234. The van der Waals surface area contributed by atoms with Gasteiger partial charge in [-0.25, -0.2) is 0 Å². The number of carbonyl (C=O) groups is 2. The first-order valence-electron chi connectivity index (χ1n) is 5.60. The second-order valence-electron chi connectivity index (χ2n) is 5.23. The van der Waals surface area contributed by atoms with Crippen LogP contribution in [0.5, 0.6) is 0 Å². The van der Waals surface area contributed by atoms with E-state index in [0.29, 0.717) is 6.42 Å². The summed E-state index contributed by atoms with van der Waals surface area (Å²) in [5, 5.41) is 0. The van der Waals surface area contributed by atoms with E-state index in [1.807, 2.05) is 13.8 Å². The highest BCUT2D eigenvalue weighted by molar-refractivity contribution is 5.81. The zero-order valence-corrected chi connectivity index (χ0v) is 11.3. The van der Waals surface area contributed by atoms with Gasteiger partial charge in [0.25, 0.3) is 0 Å². The Morgan fingerprint density at radius 1 is 1.00 bits per heavy atom. The summed E-state index contributed by atoms with van der Waals surface area (Å²) in [6.45, 7) is 3.85. The lowest BCUT2D eigenvalue weighted by Gasteiger charge is -2.27. The number of hydrogen-bond acceptors (Lipinski definition) is 2. The molecule has 16 heavy (non-hydrogen) atoms. The van der Waals surface area contributed by atoms with E-state index in [-0.39, 0.29) is 17.2 Å².